The van der Waals surface area contributed by atoms with Crippen molar-refractivity contribution in [2.45, 2.75) is 19.0 Å². The lowest BCUT2D eigenvalue weighted by atomic mass is 9.86. The SMILES string of the molecule is COc1ccc(C(=O)[C@@H]2[C@@H]3C(=O)N(c4ccc([N+](=O)[O-])cc4C)C(=O)[C@@H]3[C@H]3C=Cc4ccccc4N32)cc1Br. The minimum atomic E-state index is -0.943. The number of benzene rings is 3. The van der Waals surface area contributed by atoms with Gasteiger partial charge in [-0.2, -0.15) is 0 Å². The van der Waals surface area contributed by atoms with Crippen LogP contribution in [0.3, 0.4) is 0 Å². The largest absolute Gasteiger partial charge is 0.496 e. The van der Waals surface area contributed by atoms with Crippen LogP contribution in [-0.2, 0) is 9.59 Å². The lowest BCUT2D eigenvalue weighted by molar-refractivity contribution is -0.384. The van der Waals surface area contributed by atoms with E-state index in [2.05, 4.69) is 15.9 Å². The van der Waals surface area contributed by atoms with Crippen LogP contribution < -0.4 is 14.5 Å². The Balaban J connectivity index is 1.48. The number of ketones is 1. The molecule has 2 amide bonds. The number of carbonyl (C=O) groups is 3. The van der Waals surface area contributed by atoms with Gasteiger partial charge in [-0.15, -0.1) is 0 Å². The second-order valence-electron chi connectivity index (χ2n) is 9.77. The fraction of sp³-hybridized carbons (Fsp3) is 0.207. The summed E-state index contributed by atoms with van der Waals surface area (Å²) in [4.78, 5) is 56.0. The fourth-order valence-corrected chi connectivity index (χ4v) is 6.59. The van der Waals surface area contributed by atoms with Gasteiger partial charge >= 0.3 is 0 Å². The predicted molar refractivity (Wildman–Crippen MR) is 148 cm³/mol. The Bertz CT molecular complexity index is 1620. The number of imide groups is 1. The summed E-state index contributed by atoms with van der Waals surface area (Å²) in [7, 11) is 1.53. The highest BCUT2D eigenvalue weighted by atomic mass is 79.9. The van der Waals surface area contributed by atoms with Gasteiger partial charge in [0.2, 0.25) is 11.8 Å². The molecular formula is C29H22BrN3O6. The van der Waals surface area contributed by atoms with Crippen LogP contribution in [0.2, 0.25) is 0 Å². The molecular weight excluding hydrogens is 566 g/mol. The maximum Gasteiger partial charge on any atom is 0.269 e. The number of hydrogen-bond acceptors (Lipinski definition) is 7. The van der Waals surface area contributed by atoms with Crippen molar-refractivity contribution in [2.75, 3.05) is 16.9 Å². The van der Waals surface area contributed by atoms with Crippen LogP contribution in [0.4, 0.5) is 17.1 Å². The molecule has 0 bridgehead atoms. The Morgan fingerprint density at radius 1 is 1.00 bits per heavy atom. The van der Waals surface area contributed by atoms with Crippen molar-refractivity contribution in [2.24, 2.45) is 11.8 Å². The van der Waals surface area contributed by atoms with Crippen molar-refractivity contribution < 1.29 is 24.0 Å². The lowest BCUT2D eigenvalue weighted by Crippen LogP contribution is -2.49. The van der Waals surface area contributed by atoms with Gasteiger partial charge in [-0.25, -0.2) is 4.90 Å². The molecule has 3 aromatic carbocycles. The zero-order chi connectivity index (χ0) is 27.6. The Hall–Kier alpha value is -4.31. The van der Waals surface area contributed by atoms with Crippen molar-refractivity contribution in [3.63, 3.8) is 0 Å². The third-order valence-corrected chi connectivity index (χ3v) is 8.37. The van der Waals surface area contributed by atoms with Gasteiger partial charge in [-0.1, -0.05) is 30.4 Å². The van der Waals surface area contributed by atoms with Gasteiger partial charge in [0.25, 0.3) is 5.69 Å². The second kappa shape index (κ2) is 9.16. The van der Waals surface area contributed by atoms with E-state index in [0.29, 0.717) is 21.3 Å². The molecule has 4 atom stereocenters. The zero-order valence-corrected chi connectivity index (χ0v) is 22.5. The van der Waals surface area contributed by atoms with Gasteiger partial charge in [0.1, 0.15) is 11.8 Å². The predicted octanol–water partition coefficient (Wildman–Crippen LogP) is 4.95. The van der Waals surface area contributed by atoms with E-state index in [1.54, 1.807) is 25.1 Å². The molecule has 10 heteroatoms. The Morgan fingerprint density at radius 2 is 1.74 bits per heavy atom. The number of non-ortho nitro benzene ring substituents is 1. The summed E-state index contributed by atoms with van der Waals surface area (Å²) in [6.07, 6.45) is 3.80. The molecule has 0 N–H and O–H groups in total. The van der Waals surface area contributed by atoms with Crippen molar-refractivity contribution in [3.8, 4) is 5.75 Å². The number of methoxy groups -OCH3 is 1. The molecule has 0 radical (unpaired) electrons. The van der Waals surface area contributed by atoms with Crippen LogP contribution in [0.1, 0.15) is 21.5 Å². The summed E-state index contributed by atoms with van der Waals surface area (Å²) in [6.45, 7) is 1.62. The minimum absolute atomic E-state index is 0.133. The van der Waals surface area contributed by atoms with E-state index >= 15 is 0 Å². The maximum atomic E-state index is 14.2. The summed E-state index contributed by atoms with van der Waals surface area (Å²) in [5.74, 6) is -2.38. The van der Waals surface area contributed by atoms with E-state index in [1.165, 1.54) is 25.3 Å². The molecule has 0 aliphatic carbocycles. The first kappa shape index (κ1) is 25.0. The average molecular weight is 588 g/mol. The molecule has 2 fully saturated rings. The number of nitro benzene ring substituents is 1. The number of fused-ring (bicyclic) bond motifs is 5. The van der Waals surface area contributed by atoms with E-state index in [4.69, 9.17) is 4.74 Å². The molecule has 196 valence electrons. The molecule has 3 aliphatic heterocycles. The van der Waals surface area contributed by atoms with E-state index in [9.17, 15) is 24.5 Å². The molecule has 0 aromatic heterocycles. The number of aryl methyl sites for hydroxylation is 1. The molecule has 3 aromatic rings. The third kappa shape index (κ3) is 3.69. The summed E-state index contributed by atoms with van der Waals surface area (Å²) in [6, 6.07) is 15.2. The summed E-state index contributed by atoms with van der Waals surface area (Å²) in [5, 5.41) is 11.2. The monoisotopic (exact) mass is 587 g/mol. The number of hydrogen-bond donors (Lipinski definition) is 0. The average Bonchev–Trinajstić information content (AvgIpc) is 3.40. The van der Waals surface area contributed by atoms with Crippen LogP contribution in [0, 0.1) is 28.9 Å². The lowest BCUT2D eigenvalue weighted by Gasteiger charge is -2.36. The zero-order valence-electron chi connectivity index (χ0n) is 20.9. The number of Topliss-reactive ketones (excluding diaryl/α,β-unsaturated/α-hetero) is 1. The van der Waals surface area contributed by atoms with E-state index in [0.717, 1.165) is 16.2 Å². The van der Waals surface area contributed by atoms with Crippen molar-refractivity contribution >= 4 is 56.7 Å². The molecule has 2 saturated heterocycles. The number of ether oxygens (including phenoxy) is 1. The Morgan fingerprint density at radius 3 is 2.44 bits per heavy atom. The Kier molecular flexibility index (Phi) is 5.87. The number of halogens is 1. The molecule has 0 spiro atoms. The molecule has 3 aliphatic rings. The Labute approximate surface area is 231 Å². The standard InChI is InChI=1S/C29H22BrN3O6/c1-15-13-18(33(37)38)9-11-20(15)32-28(35)24-22-10-7-16-5-3-4-6-21(16)31(22)26(25(24)29(32)36)27(34)17-8-12-23(39-2)19(30)14-17/h3-14,22,24-26H,1-2H3/t22-,24-,25-,26+/m1/s1. The molecule has 3 heterocycles. The van der Waals surface area contributed by atoms with Crippen LogP contribution in [0.15, 0.2) is 71.2 Å². The second-order valence-corrected chi connectivity index (χ2v) is 10.6. The molecule has 9 nitrogen and oxygen atoms in total. The maximum absolute atomic E-state index is 14.2. The molecule has 0 unspecified atom stereocenters. The normalized spacial score (nSPS) is 22.9. The number of carbonyl (C=O) groups excluding carboxylic acids is 3. The van der Waals surface area contributed by atoms with E-state index in [-0.39, 0.29) is 17.2 Å². The molecule has 6 rings (SSSR count). The molecule has 0 saturated carbocycles. The van der Waals surface area contributed by atoms with Crippen molar-refractivity contribution in [3.05, 3.63) is 98.0 Å². The summed E-state index contributed by atoms with van der Waals surface area (Å²) in [5.41, 5.74) is 2.63. The first-order valence-corrected chi connectivity index (χ1v) is 13.1. The topological polar surface area (TPSA) is 110 Å². The van der Waals surface area contributed by atoms with Crippen molar-refractivity contribution in [1.29, 1.82) is 0 Å². The summed E-state index contributed by atoms with van der Waals surface area (Å²) >= 11 is 3.44. The van der Waals surface area contributed by atoms with Gasteiger partial charge in [-0.05, 0) is 64.3 Å². The van der Waals surface area contributed by atoms with Crippen molar-refractivity contribution in [1.82, 2.24) is 0 Å². The highest BCUT2D eigenvalue weighted by Gasteiger charge is 2.64. The van der Waals surface area contributed by atoms with E-state index in [1.807, 2.05) is 41.3 Å². The van der Waals surface area contributed by atoms with Gasteiger partial charge in [-0.3, -0.25) is 24.5 Å². The highest BCUT2D eigenvalue weighted by molar-refractivity contribution is 9.10. The smallest absolute Gasteiger partial charge is 0.269 e. The minimum Gasteiger partial charge on any atom is -0.496 e. The van der Waals surface area contributed by atoms with Crippen LogP contribution in [0.25, 0.3) is 6.08 Å². The van der Waals surface area contributed by atoms with Gasteiger partial charge in [0.15, 0.2) is 5.78 Å². The quantitative estimate of drug-likeness (QED) is 0.180. The van der Waals surface area contributed by atoms with Crippen LogP contribution in [0.5, 0.6) is 5.75 Å². The van der Waals surface area contributed by atoms with Gasteiger partial charge in [0, 0.05) is 23.4 Å². The number of anilines is 2. The number of para-hydroxylation sites is 1. The van der Waals surface area contributed by atoms with Crippen LogP contribution >= 0.6 is 15.9 Å². The van der Waals surface area contributed by atoms with Gasteiger partial charge in [0.05, 0.1) is 40.1 Å². The first-order chi connectivity index (χ1) is 18.7. The molecule has 39 heavy (non-hydrogen) atoms. The van der Waals surface area contributed by atoms with Crippen LogP contribution in [-0.4, -0.2) is 41.7 Å². The number of rotatable bonds is 5. The van der Waals surface area contributed by atoms with E-state index < -0.39 is 40.7 Å². The number of nitro groups is 1. The highest BCUT2D eigenvalue weighted by Crippen LogP contribution is 2.50. The third-order valence-electron chi connectivity index (χ3n) is 7.75. The number of nitrogens with zero attached hydrogens (tertiary/aromatic N) is 3. The number of amides is 2. The summed E-state index contributed by atoms with van der Waals surface area (Å²) < 4.78 is 5.91. The van der Waals surface area contributed by atoms with Gasteiger partial charge < -0.3 is 9.64 Å². The first-order valence-electron chi connectivity index (χ1n) is 12.3. The fourth-order valence-electron chi connectivity index (χ4n) is 6.05.